The predicted octanol–water partition coefficient (Wildman–Crippen LogP) is 1.98. The molecule has 0 aromatic carbocycles. The molecule has 0 radical (unpaired) electrons. The van der Waals surface area contributed by atoms with Crippen molar-refractivity contribution < 1.29 is 4.74 Å². The summed E-state index contributed by atoms with van der Waals surface area (Å²) in [6.45, 7) is 4.00. The molecule has 0 spiro atoms. The van der Waals surface area contributed by atoms with Gasteiger partial charge in [0.05, 0.1) is 7.11 Å². The zero-order valence-corrected chi connectivity index (χ0v) is 8.56. The Bertz CT molecular complexity index is 314. The Morgan fingerprint density at radius 3 is 2.64 bits per heavy atom. The Kier molecular flexibility index (Phi) is 6.70. The number of aliphatic imine (C=N–C) groups is 1. The highest BCUT2D eigenvalue weighted by Gasteiger charge is 2.01. The van der Waals surface area contributed by atoms with E-state index >= 15 is 0 Å². The van der Waals surface area contributed by atoms with Crippen molar-refractivity contribution in [2.45, 2.75) is 13.8 Å². The van der Waals surface area contributed by atoms with Crippen LogP contribution in [0, 0.1) is 11.5 Å². The van der Waals surface area contributed by atoms with Crippen LogP contribution in [-0.4, -0.2) is 18.0 Å². The van der Waals surface area contributed by atoms with Crippen molar-refractivity contribution in [3.05, 3.63) is 30.1 Å². The van der Waals surface area contributed by atoms with Crippen molar-refractivity contribution in [3.8, 4) is 6.19 Å². The van der Waals surface area contributed by atoms with E-state index in [1.165, 1.54) is 7.11 Å². The van der Waals surface area contributed by atoms with E-state index < -0.39 is 0 Å². The van der Waals surface area contributed by atoms with Gasteiger partial charge in [-0.05, 0) is 12.1 Å². The van der Waals surface area contributed by atoms with E-state index in [2.05, 4.69) is 9.98 Å². The van der Waals surface area contributed by atoms with E-state index in [0.29, 0.717) is 5.69 Å². The topological polar surface area (TPSA) is 58.3 Å². The second kappa shape index (κ2) is 7.74. The highest BCUT2D eigenvalue weighted by molar-refractivity contribution is 5.92. The molecule has 14 heavy (non-hydrogen) atoms. The number of nitrogens with zero attached hydrogens (tertiary/aromatic N) is 3. The Balaban J connectivity index is 0.000000791. The molecule has 0 saturated carbocycles. The van der Waals surface area contributed by atoms with E-state index in [4.69, 9.17) is 10.00 Å². The zero-order valence-electron chi connectivity index (χ0n) is 8.56. The Morgan fingerprint density at radius 1 is 1.50 bits per heavy atom. The molecule has 74 valence electrons. The monoisotopic (exact) mass is 191 g/mol. The van der Waals surface area contributed by atoms with Crippen molar-refractivity contribution in [2.24, 2.45) is 4.99 Å². The number of methoxy groups -OCH3 is 1. The largest absolute Gasteiger partial charge is 0.479 e. The lowest BCUT2D eigenvalue weighted by Gasteiger charge is -1.99. The van der Waals surface area contributed by atoms with Gasteiger partial charge in [-0.15, -0.1) is 4.99 Å². The maximum atomic E-state index is 8.28. The minimum atomic E-state index is 0.234. The van der Waals surface area contributed by atoms with Crippen LogP contribution in [-0.2, 0) is 4.74 Å². The summed E-state index contributed by atoms with van der Waals surface area (Å²) >= 11 is 0. The van der Waals surface area contributed by atoms with Gasteiger partial charge in [0.15, 0.2) is 0 Å². The summed E-state index contributed by atoms with van der Waals surface area (Å²) < 4.78 is 4.84. The van der Waals surface area contributed by atoms with Crippen LogP contribution in [0.3, 0.4) is 0 Å². The fourth-order valence-corrected chi connectivity index (χ4v) is 0.742. The molecule has 0 saturated heterocycles. The third kappa shape index (κ3) is 3.68. The zero-order chi connectivity index (χ0) is 10.8. The highest BCUT2D eigenvalue weighted by atomic mass is 16.5. The molecular weight excluding hydrogens is 178 g/mol. The molecule has 1 heterocycles. The van der Waals surface area contributed by atoms with Gasteiger partial charge in [0.2, 0.25) is 12.1 Å². The lowest BCUT2D eigenvalue weighted by molar-refractivity contribution is 0.403. The third-order valence-corrected chi connectivity index (χ3v) is 1.23. The number of nitriles is 1. The first-order chi connectivity index (χ1) is 6.88. The Hall–Kier alpha value is -1.89. The Morgan fingerprint density at radius 2 is 2.21 bits per heavy atom. The molecule has 0 atom stereocenters. The number of aromatic nitrogens is 1. The van der Waals surface area contributed by atoms with Crippen LogP contribution < -0.4 is 0 Å². The smallest absolute Gasteiger partial charge is 0.250 e. The van der Waals surface area contributed by atoms with Crippen molar-refractivity contribution in [1.82, 2.24) is 4.98 Å². The van der Waals surface area contributed by atoms with Gasteiger partial charge in [-0.2, -0.15) is 5.26 Å². The number of ether oxygens (including phenoxy) is 1. The molecule has 0 bridgehead atoms. The molecule has 4 nitrogen and oxygen atoms in total. The maximum Gasteiger partial charge on any atom is 0.250 e. The summed E-state index contributed by atoms with van der Waals surface area (Å²) in [6.07, 6.45) is 3.25. The van der Waals surface area contributed by atoms with Gasteiger partial charge in [0.25, 0.3) is 0 Å². The van der Waals surface area contributed by atoms with E-state index in [1.807, 2.05) is 13.8 Å². The van der Waals surface area contributed by atoms with Gasteiger partial charge in [-0.1, -0.05) is 19.9 Å². The van der Waals surface area contributed by atoms with Crippen LogP contribution in [0.1, 0.15) is 19.5 Å². The predicted molar refractivity (Wildman–Crippen MR) is 54.7 cm³/mol. The van der Waals surface area contributed by atoms with Crippen molar-refractivity contribution in [2.75, 3.05) is 7.11 Å². The van der Waals surface area contributed by atoms with Crippen LogP contribution in [0.2, 0.25) is 0 Å². The van der Waals surface area contributed by atoms with Crippen LogP contribution >= 0.6 is 0 Å². The summed E-state index contributed by atoms with van der Waals surface area (Å²) in [6, 6.07) is 5.30. The molecule has 0 aliphatic rings. The molecule has 0 amide bonds. The number of rotatable bonds is 1. The number of hydrogen-bond donors (Lipinski definition) is 0. The van der Waals surface area contributed by atoms with Crippen LogP contribution in [0.5, 0.6) is 0 Å². The fraction of sp³-hybridized carbons (Fsp3) is 0.300. The molecule has 0 fully saturated rings. The molecular formula is C10H13N3O. The normalized spacial score (nSPS) is 9.43. The molecule has 0 aliphatic heterocycles. The molecule has 0 aliphatic carbocycles. The summed E-state index contributed by atoms with van der Waals surface area (Å²) in [5, 5.41) is 8.28. The van der Waals surface area contributed by atoms with Crippen LogP contribution in [0.25, 0.3) is 0 Å². The molecule has 0 N–H and O–H groups in total. The highest BCUT2D eigenvalue weighted by Crippen LogP contribution is 1.96. The summed E-state index contributed by atoms with van der Waals surface area (Å²) in [5.41, 5.74) is 0.557. The first-order valence-electron chi connectivity index (χ1n) is 4.30. The van der Waals surface area contributed by atoms with Crippen molar-refractivity contribution >= 4 is 5.90 Å². The lowest BCUT2D eigenvalue weighted by Crippen LogP contribution is -2.04. The van der Waals surface area contributed by atoms with Crippen LogP contribution in [0.4, 0.5) is 0 Å². The molecule has 0 unspecified atom stereocenters. The summed E-state index contributed by atoms with van der Waals surface area (Å²) in [7, 11) is 1.45. The average molecular weight is 191 g/mol. The molecule has 1 aromatic heterocycles. The van der Waals surface area contributed by atoms with Gasteiger partial charge in [-0.3, -0.25) is 4.98 Å². The third-order valence-electron chi connectivity index (χ3n) is 1.23. The first kappa shape index (κ1) is 12.1. The van der Waals surface area contributed by atoms with E-state index in [0.717, 1.165) is 0 Å². The quantitative estimate of drug-likeness (QED) is 0.387. The maximum absolute atomic E-state index is 8.28. The van der Waals surface area contributed by atoms with Crippen molar-refractivity contribution in [3.63, 3.8) is 0 Å². The fourth-order valence-electron chi connectivity index (χ4n) is 0.742. The van der Waals surface area contributed by atoms with Gasteiger partial charge >= 0.3 is 0 Å². The second-order valence-corrected chi connectivity index (χ2v) is 1.94. The second-order valence-electron chi connectivity index (χ2n) is 1.94. The minimum Gasteiger partial charge on any atom is -0.479 e. The molecule has 4 heteroatoms. The first-order valence-corrected chi connectivity index (χ1v) is 4.30. The van der Waals surface area contributed by atoms with Gasteiger partial charge < -0.3 is 4.74 Å². The average Bonchev–Trinajstić information content (AvgIpc) is 2.30. The van der Waals surface area contributed by atoms with E-state index in [-0.39, 0.29) is 5.90 Å². The minimum absolute atomic E-state index is 0.234. The van der Waals surface area contributed by atoms with E-state index in [9.17, 15) is 0 Å². The van der Waals surface area contributed by atoms with Gasteiger partial charge in [-0.25, -0.2) is 0 Å². The molecule has 1 aromatic rings. The Labute approximate surface area is 83.9 Å². The van der Waals surface area contributed by atoms with Crippen LogP contribution in [0.15, 0.2) is 29.4 Å². The number of hydrogen-bond acceptors (Lipinski definition) is 4. The summed E-state index contributed by atoms with van der Waals surface area (Å²) in [4.78, 5) is 7.41. The van der Waals surface area contributed by atoms with Gasteiger partial charge in [0.1, 0.15) is 5.69 Å². The standard InChI is InChI=1S/C8H7N3O.C2H6/c1-12-8(11-6-9)7-4-2-3-5-10-7;1-2/h2-5H,1H3;1-2H3. The lowest BCUT2D eigenvalue weighted by atomic mass is 10.3. The van der Waals surface area contributed by atoms with E-state index in [1.54, 1.807) is 30.6 Å². The SMILES string of the molecule is CC.COC(=NC#N)c1ccccn1. The number of pyridine rings is 1. The summed E-state index contributed by atoms with van der Waals surface area (Å²) in [5.74, 6) is 0.234. The molecule has 1 rings (SSSR count). The van der Waals surface area contributed by atoms with Gasteiger partial charge in [0, 0.05) is 6.20 Å². The van der Waals surface area contributed by atoms with Crippen molar-refractivity contribution in [1.29, 1.82) is 5.26 Å².